The van der Waals surface area contributed by atoms with Gasteiger partial charge in [-0.3, -0.25) is 33.7 Å². The van der Waals surface area contributed by atoms with Gasteiger partial charge in [0.2, 0.25) is 12.2 Å². The van der Waals surface area contributed by atoms with Crippen molar-refractivity contribution in [1.82, 2.24) is 15.6 Å². The Hall–Kier alpha value is -5.39. The Balaban J connectivity index is 0.746. The maximum Gasteiger partial charge on any atom is 0.317 e. The number of unbranched alkanes of at least 4 members (excludes halogenated alkanes) is 2. The number of aliphatic hydroxyl groups excluding tert-OH is 23. The quantitative estimate of drug-likeness (QED) is 0.00552. The Morgan fingerprint density at radius 2 is 1.03 bits per heavy atom. The van der Waals surface area contributed by atoms with E-state index in [-0.39, 0.29) is 76.7 Å². The van der Waals surface area contributed by atoms with Crippen molar-refractivity contribution >= 4 is 41.8 Å². The smallest absolute Gasteiger partial charge is 0.317 e. The molecular formula is C99H156N4O47. The lowest BCUT2D eigenvalue weighted by atomic mass is 9.33. The average Bonchev–Trinajstić information content (AvgIpc) is 0.694. The summed E-state index contributed by atoms with van der Waals surface area (Å²) in [7, 11) is 0. The maximum absolute atomic E-state index is 16.7. The molecule has 0 aromatic carbocycles. The molecule has 51 heteroatoms. The van der Waals surface area contributed by atoms with Crippen molar-refractivity contribution in [3.63, 3.8) is 0 Å². The minimum atomic E-state index is -2.30. The molecule has 854 valence electrons. The Bertz CT molecular complexity index is 4680. The third-order valence-electron chi connectivity index (χ3n) is 35.3. The van der Waals surface area contributed by atoms with Gasteiger partial charge in [0, 0.05) is 49.6 Å². The number of carbonyl (C=O) groups is 6. The van der Waals surface area contributed by atoms with Gasteiger partial charge in [0.25, 0.3) is 17.7 Å². The largest absolute Gasteiger partial charge is 0.457 e. The number of amides is 4. The summed E-state index contributed by atoms with van der Waals surface area (Å²) in [5, 5.41) is 270. The molecule has 0 spiro atoms. The van der Waals surface area contributed by atoms with Gasteiger partial charge in [0.1, 0.15) is 152 Å². The van der Waals surface area contributed by atoms with Gasteiger partial charge in [0.15, 0.2) is 62.3 Å². The van der Waals surface area contributed by atoms with Crippen molar-refractivity contribution in [2.24, 2.45) is 61.3 Å². The van der Waals surface area contributed by atoms with Crippen LogP contribution in [0.5, 0.6) is 0 Å². The van der Waals surface area contributed by atoms with E-state index in [0.29, 0.717) is 32.1 Å². The minimum Gasteiger partial charge on any atom is -0.457 e. The van der Waals surface area contributed by atoms with E-state index in [0.717, 1.165) is 17.4 Å². The minimum absolute atomic E-state index is 0.00847. The number of hydrazone groups is 1. The zero-order valence-electron chi connectivity index (χ0n) is 86.0. The summed E-state index contributed by atoms with van der Waals surface area (Å²) in [6, 6.07) is 0. The van der Waals surface area contributed by atoms with Gasteiger partial charge in [-0.1, -0.05) is 66.5 Å². The van der Waals surface area contributed by atoms with Crippen LogP contribution in [0.2, 0.25) is 0 Å². The van der Waals surface area contributed by atoms with Gasteiger partial charge >= 0.3 is 11.9 Å². The van der Waals surface area contributed by atoms with Crippen molar-refractivity contribution in [1.29, 1.82) is 0 Å². The lowest BCUT2D eigenvalue weighted by Gasteiger charge is -2.71. The predicted molar refractivity (Wildman–Crippen MR) is 500 cm³/mol. The molecule has 9 aliphatic heterocycles. The highest BCUT2D eigenvalue weighted by Crippen LogP contribution is 2.76. The van der Waals surface area contributed by atoms with Crippen LogP contribution in [0, 0.1) is 56.2 Å². The van der Waals surface area contributed by atoms with Crippen molar-refractivity contribution in [3.05, 3.63) is 23.8 Å². The number of esters is 2. The van der Waals surface area contributed by atoms with Gasteiger partial charge in [-0.25, -0.2) is 5.43 Å². The third-order valence-corrected chi connectivity index (χ3v) is 35.3. The van der Waals surface area contributed by atoms with E-state index in [4.69, 9.17) is 85.3 Å². The van der Waals surface area contributed by atoms with Gasteiger partial charge < -0.3 is 208 Å². The highest BCUT2D eigenvalue weighted by molar-refractivity contribution is 6.12. The molecule has 0 bridgehead atoms. The van der Waals surface area contributed by atoms with E-state index >= 15 is 4.79 Å². The lowest BCUT2D eigenvalue weighted by Crippen LogP contribution is -2.70. The molecule has 150 heavy (non-hydrogen) atoms. The summed E-state index contributed by atoms with van der Waals surface area (Å²) in [6.07, 6.45) is -68.9. The van der Waals surface area contributed by atoms with E-state index in [1.807, 2.05) is 20.8 Å². The first-order chi connectivity index (χ1) is 70.6. The predicted octanol–water partition coefficient (Wildman–Crippen LogP) is -7.86. The van der Waals surface area contributed by atoms with Crippen LogP contribution in [-0.2, 0) is 114 Å². The number of rotatable bonds is 33. The van der Waals surface area contributed by atoms with Crippen LogP contribution in [0.15, 0.2) is 28.9 Å². The molecule has 9 heterocycles. The number of imide groups is 1. The number of carbonyl (C=O) groups excluding carboxylic acids is 6. The molecule has 45 unspecified atom stereocenters. The first kappa shape index (κ1) is 119. The molecule has 8 saturated heterocycles. The van der Waals surface area contributed by atoms with E-state index in [1.165, 1.54) is 53.0 Å². The van der Waals surface area contributed by atoms with Crippen molar-refractivity contribution < 1.29 is 231 Å². The number of hydrogen-bond donors (Lipinski definition) is 25. The summed E-state index contributed by atoms with van der Waals surface area (Å²) < 4.78 is 113. The molecule has 5 saturated carbocycles. The fourth-order valence-electron chi connectivity index (χ4n) is 26.1. The number of ether oxygens (including phenoxy) is 18. The lowest BCUT2D eigenvalue weighted by molar-refractivity contribution is -0.390. The topological polar surface area (TPSA) is 774 Å². The van der Waals surface area contributed by atoms with E-state index in [9.17, 15) is 141 Å². The SMILES string of the molecule is CC(=O)OC1C(C)OC(OC2C(C)OC(OC(=O)[C@]34CCC(C)(C)CC3C3=CCC5[C@@]6(C)CC[C@H](OC7OC(C(=O)NC(C)(CO)CO)C(O)C(OC8OCC(O)C(O)C8O)C7OC7OC(CO)C(O)C(O)C7O)[C@@](C)(/C=N/NC(=O)CCCCCN7C(=O)C=CC7=O)C6CC[C@@]5(C)[C@]3(C)C[C@H]4O)C(OC3OC(C)C(OC4OCC(O)C(OC5OC(CO)C(O)C(C)C5O)C4O)C(O)C3O)C2O)C(O)C1OC1CCC(O)C(O)C1O. The number of aliphatic hydroxyl groups is 23. The molecular weight excluding hydrogens is 2000 g/mol. The van der Waals surface area contributed by atoms with E-state index in [1.54, 1.807) is 0 Å². The number of nitrogens with zero attached hydrogens (tertiary/aromatic N) is 2. The van der Waals surface area contributed by atoms with Crippen molar-refractivity contribution in [2.45, 2.75) is 449 Å². The average molecular weight is 2150 g/mol. The van der Waals surface area contributed by atoms with Crippen LogP contribution in [0.4, 0.5) is 0 Å². The molecule has 0 aromatic rings. The number of nitrogens with one attached hydrogen (secondary N) is 2. The molecule has 0 aromatic heterocycles. The Morgan fingerprint density at radius 1 is 0.480 bits per heavy atom. The molecule has 6 aliphatic carbocycles. The van der Waals surface area contributed by atoms with Gasteiger partial charge in [-0.15, -0.1) is 0 Å². The fraction of sp³-hybridized carbons (Fsp3) is 0.889. The molecule has 15 rings (SSSR count). The Labute approximate surface area is 865 Å². The second kappa shape index (κ2) is 47.3. The summed E-state index contributed by atoms with van der Waals surface area (Å²) in [4.78, 5) is 84.3. The van der Waals surface area contributed by atoms with Crippen LogP contribution in [0.1, 0.15) is 179 Å². The van der Waals surface area contributed by atoms with Crippen LogP contribution in [-0.4, -0.2) is 480 Å². The Morgan fingerprint density at radius 3 is 1.68 bits per heavy atom. The van der Waals surface area contributed by atoms with Gasteiger partial charge in [-0.2, -0.15) is 5.10 Å². The van der Waals surface area contributed by atoms with Crippen molar-refractivity contribution in [2.75, 3.05) is 46.2 Å². The van der Waals surface area contributed by atoms with Crippen LogP contribution >= 0.6 is 0 Å². The molecule has 51 nitrogen and oxygen atoms in total. The normalized spacial score (nSPS) is 48.9. The van der Waals surface area contributed by atoms with Crippen LogP contribution < -0.4 is 10.7 Å². The van der Waals surface area contributed by atoms with E-state index < -0.39 is 395 Å². The third kappa shape index (κ3) is 22.9. The zero-order chi connectivity index (χ0) is 109. The maximum atomic E-state index is 16.7. The summed E-state index contributed by atoms with van der Waals surface area (Å²) in [5.41, 5.74) is -4.98. The monoisotopic (exact) mass is 2150 g/mol. The molecule has 4 amide bonds. The Kier molecular flexibility index (Phi) is 37.3. The standard InChI is InChI=1S/C99H156N4O47/c1-39-59(116)50(32-104)140-86(60(39)117)145-77-48(111)35-134-85(72(77)129)143-74-40(2)135-87(69(126)66(74)123)148-81-70(127)75(144-89-73(130)79(76(42(4)136-89)138-43(5)108)139-49-19-18-46(109)61(118)63(49)120)41(3)137-90(81)150-92(132)99-28-27-93(6,7)30-45(99)44-17-20-53-95(9)25-24-55(96(10,52(95)23-26-97(53,11)98(44,12)31-54(99)112)36-100-102-56(113)16-14-13-15-29-103-57(114)21-22-58(103)115)142-91-82(149-88-68(125)65(122)64(121)51(33-105)141-88)78(146-84-67(124)62(119)47(110)34-133-84)71(128)80(147-91)83(131)101-94(8,37-106)38-107/h17,21-22,36,39-42,45-55,59-82,84-91,104-107,109-112,116-130H,13-16,18-20,23-35,37-38H2,1-12H3,(H,101,131)(H,102,113)/b100-36+/t39?,40?,41?,42?,45?,46?,47?,48?,49?,50?,51?,52?,53?,54-,55+,59?,60?,61?,62?,63?,64?,65?,66?,67?,68?,69?,70?,71?,72?,73?,74?,75?,76?,77?,78?,79?,80?,81?,82?,84?,85?,86?,87?,88?,89?,90?,91?,95+,96+,97-,98-,99-/m1/s1. The number of fused-ring (bicyclic) bond motifs is 7. The second-order valence-electron chi connectivity index (χ2n) is 45.8. The molecule has 0 radical (unpaired) electrons. The first-order valence-corrected chi connectivity index (χ1v) is 52.1. The number of allylic oxidation sites excluding steroid dienone is 2. The summed E-state index contributed by atoms with van der Waals surface area (Å²) in [6.45, 7) is 15.6. The van der Waals surface area contributed by atoms with Gasteiger partial charge in [0.05, 0.1) is 94.0 Å². The second-order valence-corrected chi connectivity index (χ2v) is 45.8. The van der Waals surface area contributed by atoms with E-state index in [2.05, 4.69) is 42.7 Å². The highest BCUT2D eigenvalue weighted by Gasteiger charge is 2.74. The summed E-state index contributed by atoms with van der Waals surface area (Å²) >= 11 is 0. The molecule has 13 fully saturated rings. The first-order valence-electron chi connectivity index (χ1n) is 52.1. The molecule has 52 atom stereocenters. The van der Waals surface area contributed by atoms with Crippen LogP contribution in [0.25, 0.3) is 0 Å². The van der Waals surface area contributed by atoms with Crippen molar-refractivity contribution in [3.8, 4) is 0 Å². The molecule has 15 aliphatic rings. The molecule has 25 N–H and O–H groups in total. The van der Waals surface area contributed by atoms with Crippen LogP contribution in [0.3, 0.4) is 0 Å². The number of hydrogen-bond acceptors (Lipinski definition) is 48. The fourth-order valence-corrected chi connectivity index (χ4v) is 26.1. The summed E-state index contributed by atoms with van der Waals surface area (Å²) in [5.74, 6) is -7.35. The van der Waals surface area contributed by atoms with Gasteiger partial charge in [-0.05, 0) is 151 Å². The highest BCUT2D eigenvalue weighted by atomic mass is 16.8. The zero-order valence-corrected chi connectivity index (χ0v) is 86.0.